The summed E-state index contributed by atoms with van der Waals surface area (Å²) in [6.45, 7) is 19.6. The number of fused-ring (bicyclic) bond motifs is 1. The van der Waals surface area contributed by atoms with Crippen molar-refractivity contribution in [2.75, 3.05) is 0 Å². The van der Waals surface area contributed by atoms with Crippen LogP contribution in [0.1, 0.15) is 63.6 Å². The first-order valence-electron chi connectivity index (χ1n) is 12.9. The van der Waals surface area contributed by atoms with Crippen LogP contribution < -0.4 is 10.4 Å². The van der Waals surface area contributed by atoms with Crippen LogP contribution in [0.5, 0.6) is 0 Å². The maximum Gasteiger partial charge on any atom is 0.0560 e. The van der Waals surface area contributed by atoms with Crippen molar-refractivity contribution < 1.29 is 0 Å². The zero-order valence-corrected chi connectivity index (χ0v) is 24.8. The van der Waals surface area contributed by atoms with Crippen molar-refractivity contribution in [2.45, 2.75) is 60.8 Å². The third kappa shape index (κ3) is 7.99. The van der Waals surface area contributed by atoms with Gasteiger partial charge in [0, 0.05) is 10.5 Å². The van der Waals surface area contributed by atoms with Crippen molar-refractivity contribution in [3.63, 3.8) is 0 Å². The van der Waals surface area contributed by atoms with Crippen LogP contribution in [-0.2, 0) is 0 Å². The molecular weight excluding hydrogens is 475 g/mol. The summed E-state index contributed by atoms with van der Waals surface area (Å²) in [6, 6.07) is 23.1. The second-order valence-corrected chi connectivity index (χ2v) is 11.0. The Bertz CT molecular complexity index is 1350. The fourth-order valence-corrected chi connectivity index (χ4v) is 5.54. The molecule has 1 aromatic heterocycles. The Kier molecular flexibility index (Phi) is 12.3. The smallest absolute Gasteiger partial charge is 0.0560 e. The van der Waals surface area contributed by atoms with Gasteiger partial charge in [-0.2, -0.15) is 0 Å². The molecule has 0 spiro atoms. The number of hydrogen-bond donors (Lipinski definition) is 0. The second-order valence-electron chi connectivity index (χ2n) is 9.52. The minimum atomic E-state index is 0.468. The van der Waals surface area contributed by atoms with Crippen LogP contribution in [0, 0.1) is 19.8 Å². The first-order valence-corrected chi connectivity index (χ1v) is 14.4. The third-order valence-electron chi connectivity index (χ3n) is 6.60. The van der Waals surface area contributed by atoms with Gasteiger partial charge in [-0.15, -0.1) is 8.19 Å². The number of halogens is 1. The van der Waals surface area contributed by atoms with Crippen molar-refractivity contribution >= 4 is 43.0 Å². The van der Waals surface area contributed by atoms with Gasteiger partial charge >= 0.3 is 0 Å². The predicted molar refractivity (Wildman–Crippen MR) is 167 cm³/mol. The van der Waals surface area contributed by atoms with Crippen molar-refractivity contribution in [1.29, 1.82) is 0 Å². The Balaban J connectivity index is 0.000000383. The lowest BCUT2D eigenvalue weighted by molar-refractivity contribution is 0.561. The molecule has 0 N–H and O–H groups in total. The van der Waals surface area contributed by atoms with Crippen LogP contribution in [0.3, 0.4) is 0 Å². The van der Waals surface area contributed by atoms with Crippen molar-refractivity contribution in [3.05, 3.63) is 116 Å². The molecule has 0 saturated carbocycles. The lowest BCUT2D eigenvalue weighted by Crippen LogP contribution is -2.27. The Morgan fingerprint density at radius 3 is 2.03 bits per heavy atom. The summed E-state index contributed by atoms with van der Waals surface area (Å²) < 4.78 is 0. The predicted octanol–water partition coefficient (Wildman–Crippen LogP) is 9.82. The van der Waals surface area contributed by atoms with Crippen molar-refractivity contribution in [3.8, 4) is 0 Å². The molecule has 0 aliphatic heterocycles. The zero-order valence-electron chi connectivity index (χ0n) is 23.0. The molecule has 0 aliphatic carbocycles. The highest BCUT2D eigenvalue weighted by atomic mass is 35.5. The molecule has 1 heterocycles. The lowest BCUT2D eigenvalue weighted by atomic mass is 9.84. The number of aryl methyl sites for hydroxylation is 2. The molecule has 4 aromatic rings. The summed E-state index contributed by atoms with van der Waals surface area (Å²) in [5.74, 6) is 3.16. The minimum Gasteiger partial charge on any atom is -0.131 e. The number of allylic oxidation sites excluding steroid dienone is 2. The highest BCUT2D eigenvalue weighted by molar-refractivity contribution is 7.36. The van der Waals surface area contributed by atoms with Gasteiger partial charge in [0.1, 0.15) is 0 Å². The molecule has 36 heavy (non-hydrogen) atoms. The summed E-state index contributed by atoms with van der Waals surface area (Å²) in [6.07, 6.45) is 5.70. The second kappa shape index (κ2) is 14.9. The van der Waals surface area contributed by atoms with Gasteiger partial charge in [0.25, 0.3) is 0 Å². The molecule has 2 heteroatoms. The summed E-state index contributed by atoms with van der Waals surface area (Å²) in [7, 11) is 0.706. The molecule has 190 valence electrons. The highest BCUT2D eigenvalue weighted by Gasteiger charge is 2.15. The van der Waals surface area contributed by atoms with Gasteiger partial charge in [-0.05, 0) is 66.0 Å². The normalized spacial score (nSPS) is 13.6. The van der Waals surface area contributed by atoms with Crippen molar-refractivity contribution in [2.24, 2.45) is 5.92 Å². The van der Waals surface area contributed by atoms with Crippen LogP contribution in [0.25, 0.3) is 23.2 Å². The van der Waals surface area contributed by atoms with Gasteiger partial charge in [0.15, 0.2) is 0 Å². The van der Waals surface area contributed by atoms with Crippen LogP contribution in [0.15, 0.2) is 84.2 Å². The molecule has 0 nitrogen and oxygen atoms in total. The maximum atomic E-state index is 6.57. The maximum absolute atomic E-state index is 6.57. The van der Waals surface area contributed by atoms with Gasteiger partial charge in [-0.25, -0.2) is 0 Å². The molecule has 0 fully saturated rings. The highest BCUT2D eigenvalue weighted by Crippen LogP contribution is 2.31. The Labute approximate surface area is 225 Å². The molecule has 0 radical (unpaired) electrons. The molecule has 3 unspecified atom stereocenters. The standard InChI is InChI=1S/C24H26ClP.C7H8.C3H8/c1-15(16(2)17(3)20-9-7-6-8-10-20)11-12-21-18(4)23(25)22-13-14-26-24(22)19(21)5;1-7-5-3-2-4-6-7;1-3-2/h6-14,16-17,26H,4H2,1-3,5H3;2-6H,1H3;3H2,1-2H3/b15-11+,21-12+;;. The van der Waals surface area contributed by atoms with E-state index in [0.717, 1.165) is 15.6 Å². The van der Waals surface area contributed by atoms with Gasteiger partial charge < -0.3 is 0 Å². The molecule has 4 rings (SSSR count). The van der Waals surface area contributed by atoms with Crippen molar-refractivity contribution in [1.82, 2.24) is 0 Å². The monoisotopic (exact) mass is 516 g/mol. The SMILES string of the molecule is C=c1c(Cl)c2cc[pH]c2c(C)/c1=C/C=C(\C)C(C)C(C)c1ccccc1.CCC.Cc1ccccc1. The summed E-state index contributed by atoms with van der Waals surface area (Å²) in [5.41, 5.74) is 5.39. The van der Waals surface area contributed by atoms with E-state index in [-0.39, 0.29) is 0 Å². The average Bonchev–Trinajstić information content (AvgIpc) is 3.39. The molecular formula is C34H42ClP. The van der Waals surface area contributed by atoms with Gasteiger partial charge in [0.2, 0.25) is 0 Å². The van der Waals surface area contributed by atoms with E-state index < -0.39 is 0 Å². The van der Waals surface area contributed by atoms with E-state index in [9.17, 15) is 0 Å². The van der Waals surface area contributed by atoms with E-state index in [1.807, 2.05) is 18.2 Å². The number of rotatable bonds is 4. The summed E-state index contributed by atoms with van der Waals surface area (Å²) in [4.78, 5) is 0. The lowest BCUT2D eigenvalue weighted by Gasteiger charge is -2.21. The Morgan fingerprint density at radius 2 is 1.50 bits per heavy atom. The van der Waals surface area contributed by atoms with Crippen LogP contribution in [0.4, 0.5) is 0 Å². The molecule has 3 aromatic carbocycles. The first-order chi connectivity index (χ1) is 17.2. The molecule has 0 aliphatic rings. The Hall–Kier alpha value is -2.53. The topological polar surface area (TPSA) is 0 Å². The van der Waals surface area contributed by atoms with Gasteiger partial charge in [-0.1, -0.05) is 136 Å². The van der Waals surface area contributed by atoms with Crippen LogP contribution >= 0.6 is 19.8 Å². The minimum absolute atomic E-state index is 0.468. The third-order valence-corrected chi connectivity index (χ3v) is 8.30. The molecule has 0 amide bonds. The summed E-state index contributed by atoms with van der Waals surface area (Å²) >= 11 is 6.57. The number of hydrogen-bond acceptors (Lipinski definition) is 0. The fraction of sp³-hybridized carbons (Fsp3) is 0.294. The molecule has 0 saturated heterocycles. The van der Waals surface area contributed by atoms with E-state index in [1.54, 1.807) is 0 Å². The number of benzene rings is 3. The van der Waals surface area contributed by atoms with E-state index in [4.69, 9.17) is 11.6 Å². The van der Waals surface area contributed by atoms with E-state index >= 15 is 0 Å². The van der Waals surface area contributed by atoms with E-state index in [1.165, 1.54) is 39.0 Å². The quantitative estimate of drug-likeness (QED) is 0.253. The van der Waals surface area contributed by atoms with Gasteiger partial charge in [0.05, 0.1) is 5.02 Å². The van der Waals surface area contributed by atoms with Crippen LogP contribution in [-0.4, -0.2) is 0 Å². The molecule has 0 bridgehead atoms. The van der Waals surface area contributed by atoms with Gasteiger partial charge in [-0.3, -0.25) is 0 Å². The Morgan fingerprint density at radius 1 is 0.944 bits per heavy atom. The first kappa shape index (κ1) is 29.7. The summed E-state index contributed by atoms with van der Waals surface area (Å²) in [5, 5.41) is 5.44. The van der Waals surface area contributed by atoms with Crippen LogP contribution in [0.2, 0.25) is 5.02 Å². The fourth-order valence-electron chi connectivity index (χ4n) is 4.07. The zero-order chi connectivity index (χ0) is 26.7. The largest absolute Gasteiger partial charge is 0.131 e. The molecule has 3 atom stereocenters. The van der Waals surface area contributed by atoms with E-state index in [0.29, 0.717) is 20.0 Å². The average molecular weight is 517 g/mol. The van der Waals surface area contributed by atoms with E-state index in [2.05, 4.69) is 122 Å².